The molecule has 7 heteroatoms. The van der Waals surface area contributed by atoms with Crippen LogP contribution in [0.2, 0.25) is 0 Å². The highest BCUT2D eigenvalue weighted by Crippen LogP contribution is 2.30. The van der Waals surface area contributed by atoms with E-state index in [0.717, 1.165) is 5.39 Å². The molecule has 1 aliphatic heterocycles. The van der Waals surface area contributed by atoms with Crippen LogP contribution in [0.15, 0.2) is 28.8 Å². The van der Waals surface area contributed by atoms with Crippen molar-refractivity contribution in [2.24, 2.45) is 5.41 Å². The average molecular weight is 318 g/mol. The number of aromatic nitrogens is 1. The molecule has 0 unspecified atom stereocenters. The third kappa shape index (κ3) is 3.19. The van der Waals surface area contributed by atoms with Gasteiger partial charge in [0.05, 0.1) is 11.8 Å². The van der Waals surface area contributed by atoms with Gasteiger partial charge in [-0.15, -0.1) is 0 Å². The highest BCUT2D eigenvalue weighted by Gasteiger charge is 2.40. The first kappa shape index (κ1) is 15.5. The van der Waals surface area contributed by atoms with Crippen molar-refractivity contribution in [3.63, 3.8) is 0 Å². The van der Waals surface area contributed by atoms with Gasteiger partial charge in [0.2, 0.25) is 5.91 Å². The quantitative estimate of drug-likeness (QED) is 0.863. The van der Waals surface area contributed by atoms with E-state index in [0.29, 0.717) is 37.3 Å². The summed E-state index contributed by atoms with van der Waals surface area (Å²) in [7, 11) is 0. The fourth-order valence-electron chi connectivity index (χ4n) is 2.78. The Morgan fingerprint density at radius 3 is 2.74 bits per heavy atom. The van der Waals surface area contributed by atoms with Crippen molar-refractivity contribution in [1.29, 1.82) is 0 Å². The van der Waals surface area contributed by atoms with Gasteiger partial charge in [0, 0.05) is 25.1 Å². The Morgan fingerprint density at radius 1 is 1.26 bits per heavy atom. The summed E-state index contributed by atoms with van der Waals surface area (Å²) >= 11 is 0. The van der Waals surface area contributed by atoms with Crippen LogP contribution in [0.25, 0.3) is 11.0 Å². The Balaban J connectivity index is 1.64. The lowest BCUT2D eigenvalue weighted by atomic mass is 9.80. The zero-order valence-electron chi connectivity index (χ0n) is 12.6. The number of aliphatic carboxylic acids is 1. The number of benzene rings is 1. The molecule has 122 valence electrons. The third-order valence-electron chi connectivity index (χ3n) is 4.31. The van der Waals surface area contributed by atoms with E-state index in [2.05, 4.69) is 10.5 Å². The van der Waals surface area contributed by atoms with Gasteiger partial charge in [0.1, 0.15) is 5.69 Å². The molecular formula is C16H18N2O5. The predicted octanol–water partition coefficient (Wildman–Crippen LogP) is 1.37. The number of rotatable bonds is 5. The van der Waals surface area contributed by atoms with E-state index in [-0.39, 0.29) is 18.9 Å². The second kappa shape index (κ2) is 6.37. The molecule has 1 saturated heterocycles. The van der Waals surface area contributed by atoms with Gasteiger partial charge < -0.3 is 19.7 Å². The second-order valence-electron chi connectivity index (χ2n) is 5.78. The van der Waals surface area contributed by atoms with Crippen LogP contribution in [0.3, 0.4) is 0 Å². The first-order valence-electron chi connectivity index (χ1n) is 7.52. The SMILES string of the molecule is O=C(Cc1noc2ccccc12)NCC1(C(=O)O)CCOCC1. The van der Waals surface area contributed by atoms with Crippen LogP contribution >= 0.6 is 0 Å². The molecule has 1 fully saturated rings. The average Bonchev–Trinajstić information content (AvgIpc) is 2.97. The lowest BCUT2D eigenvalue weighted by Gasteiger charge is -2.33. The van der Waals surface area contributed by atoms with Gasteiger partial charge in [0.15, 0.2) is 5.58 Å². The Labute approximate surface area is 132 Å². The molecule has 2 N–H and O–H groups in total. The van der Waals surface area contributed by atoms with Gasteiger partial charge in [-0.2, -0.15) is 0 Å². The Morgan fingerprint density at radius 2 is 2.00 bits per heavy atom. The molecule has 7 nitrogen and oxygen atoms in total. The molecule has 0 spiro atoms. The molecule has 3 rings (SSSR count). The number of nitrogens with one attached hydrogen (secondary N) is 1. The van der Waals surface area contributed by atoms with Crippen molar-refractivity contribution in [3.05, 3.63) is 30.0 Å². The van der Waals surface area contributed by atoms with Crippen LogP contribution in [0.1, 0.15) is 18.5 Å². The Kier molecular flexibility index (Phi) is 4.29. The smallest absolute Gasteiger partial charge is 0.311 e. The minimum atomic E-state index is -0.945. The fraction of sp³-hybridized carbons (Fsp3) is 0.438. The maximum absolute atomic E-state index is 12.1. The van der Waals surface area contributed by atoms with Crippen molar-refractivity contribution in [2.45, 2.75) is 19.3 Å². The van der Waals surface area contributed by atoms with Crippen LogP contribution in [-0.4, -0.2) is 41.9 Å². The minimum Gasteiger partial charge on any atom is -0.481 e. The summed E-state index contributed by atoms with van der Waals surface area (Å²) in [6.45, 7) is 0.895. The number of carboxylic acids is 1. The standard InChI is InChI=1S/C16H18N2O5/c19-14(9-12-11-3-1-2-4-13(11)23-18-12)17-10-16(15(20)21)5-7-22-8-6-16/h1-4H,5-10H2,(H,17,19)(H,20,21). The molecule has 1 aliphatic rings. The van der Waals surface area contributed by atoms with E-state index in [4.69, 9.17) is 9.26 Å². The van der Waals surface area contributed by atoms with Crippen molar-refractivity contribution >= 4 is 22.8 Å². The maximum Gasteiger partial charge on any atom is 0.311 e. The minimum absolute atomic E-state index is 0.0587. The number of ether oxygens (including phenoxy) is 1. The van der Waals surface area contributed by atoms with E-state index in [9.17, 15) is 14.7 Å². The lowest BCUT2D eigenvalue weighted by Crippen LogP contribution is -2.46. The highest BCUT2D eigenvalue weighted by atomic mass is 16.5. The summed E-state index contributed by atoms with van der Waals surface area (Å²) in [6.07, 6.45) is 0.855. The normalized spacial score (nSPS) is 17.0. The third-order valence-corrected chi connectivity index (χ3v) is 4.31. The molecule has 0 bridgehead atoms. The van der Waals surface area contributed by atoms with Crippen LogP contribution in [0, 0.1) is 5.41 Å². The van der Waals surface area contributed by atoms with E-state index < -0.39 is 11.4 Å². The van der Waals surface area contributed by atoms with Crippen LogP contribution in [0.4, 0.5) is 0 Å². The van der Waals surface area contributed by atoms with Crippen molar-refractivity contribution in [3.8, 4) is 0 Å². The van der Waals surface area contributed by atoms with Crippen molar-refractivity contribution < 1.29 is 24.0 Å². The topological polar surface area (TPSA) is 102 Å². The molecular weight excluding hydrogens is 300 g/mol. The number of carboxylic acid groups (broad SMARTS) is 1. The van der Waals surface area contributed by atoms with Gasteiger partial charge in [0.25, 0.3) is 0 Å². The summed E-state index contributed by atoms with van der Waals surface area (Å²) in [5.74, 6) is -1.16. The number of hydrogen-bond acceptors (Lipinski definition) is 5. The van der Waals surface area contributed by atoms with Gasteiger partial charge in [-0.3, -0.25) is 9.59 Å². The van der Waals surface area contributed by atoms with E-state index in [1.165, 1.54) is 0 Å². The number of fused-ring (bicyclic) bond motifs is 1. The van der Waals surface area contributed by atoms with Crippen molar-refractivity contribution in [1.82, 2.24) is 10.5 Å². The van der Waals surface area contributed by atoms with Gasteiger partial charge in [-0.05, 0) is 25.0 Å². The van der Waals surface area contributed by atoms with Gasteiger partial charge in [-0.1, -0.05) is 17.3 Å². The highest BCUT2D eigenvalue weighted by molar-refractivity contribution is 5.86. The Hall–Kier alpha value is -2.41. The molecule has 2 aromatic rings. The number of amides is 1. The summed E-state index contributed by atoms with van der Waals surface area (Å²) < 4.78 is 10.4. The monoisotopic (exact) mass is 318 g/mol. The zero-order valence-corrected chi connectivity index (χ0v) is 12.6. The van der Waals surface area contributed by atoms with E-state index >= 15 is 0 Å². The van der Waals surface area contributed by atoms with Crippen LogP contribution < -0.4 is 5.32 Å². The molecule has 1 aromatic heterocycles. The first-order chi connectivity index (χ1) is 11.1. The predicted molar refractivity (Wildman–Crippen MR) is 80.8 cm³/mol. The molecule has 0 aliphatic carbocycles. The molecule has 0 radical (unpaired) electrons. The summed E-state index contributed by atoms with van der Waals surface area (Å²) in [4.78, 5) is 23.7. The largest absolute Gasteiger partial charge is 0.481 e. The fourth-order valence-corrected chi connectivity index (χ4v) is 2.78. The summed E-state index contributed by atoms with van der Waals surface area (Å²) in [5.41, 5.74) is 0.232. The first-order valence-corrected chi connectivity index (χ1v) is 7.52. The molecule has 2 heterocycles. The molecule has 1 aromatic carbocycles. The second-order valence-corrected chi connectivity index (χ2v) is 5.78. The Bertz CT molecular complexity index is 718. The van der Waals surface area contributed by atoms with Gasteiger partial charge in [-0.25, -0.2) is 0 Å². The van der Waals surface area contributed by atoms with Gasteiger partial charge >= 0.3 is 5.97 Å². The number of carbonyl (C=O) groups excluding carboxylic acids is 1. The van der Waals surface area contributed by atoms with Crippen LogP contribution in [0.5, 0.6) is 0 Å². The lowest BCUT2D eigenvalue weighted by molar-refractivity contribution is -0.154. The molecule has 0 atom stereocenters. The van der Waals surface area contributed by atoms with Crippen molar-refractivity contribution in [2.75, 3.05) is 19.8 Å². The number of para-hydroxylation sites is 1. The molecule has 23 heavy (non-hydrogen) atoms. The number of carbonyl (C=O) groups is 2. The van der Waals surface area contributed by atoms with E-state index in [1.807, 2.05) is 18.2 Å². The molecule has 1 amide bonds. The summed E-state index contributed by atoms with van der Waals surface area (Å²) in [5, 5.41) is 16.9. The summed E-state index contributed by atoms with van der Waals surface area (Å²) in [6, 6.07) is 7.30. The maximum atomic E-state index is 12.1. The molecule has 0 saturated carbocycles. The van der Waals surface area contributed by atoms with Crippen LogP contribution in [-0.2, 0) is 20.7 Å². The van der Waals surface area contributed by atoms with E-state index in [1.54, 1.807) is 6.07 Å². The zero-order chi connectivity index (χ0) is 16.3. The number of nitrogens with zero attached hydrogens (tertiary/aromatic N) is 1. The number of hydrogen-bond donors (Lipinski definition) is 2.